The largest absolute Gasteiger partial charge is 0.342 e. The van der Waals surface area contributed by atoms with Crippen LogP contribution in [0.5, 0.6) is 0 Å². The van der Waals surface area contributed by atoms with Gasteiger partial charge in [-0.3, -0.25) is 28.7 Å². The van der Waals surface area contributed by atoms with Gasteiger partial charge in [-0.15, -0.1) is 0 Å². The SMILES string of the molecule is CC(N1CCN2CCN(CC1)CCN(C(C)P(=O)(O)O)CC2)P(=O)(O)O. The first-order valence-corrected chi connectivity index (χ1v) is 12.4. The highest BCUT2D eigenvalue weighted by Crippen LogP contribution is 2.43. The molecule has 10 nitrogen and oxygen atoms in total. The minimum absolute atomic E-state index is 0.564. The molecule has 0 aliphatic carbocycles. The van der Waals surface area contributed by atoms with Crippen LogP contribution in [0.15, 0.2) is 0 Å². The third-order valence-corrected chi connectivity index (χ3v) is 8.18. The zero-order chi connectivity index (χ0) is 19.5. The van der Waals surface area contributed by atoms with E-state index in [1.807, 2.05) is 9.80 Å². The van der Waals surface area contributed by atoms with Crippen LogP contribution in [0.3, 0.4) is 0 Å². The lowest BCUT2D eigenvalue weighted by Gasteiger charge is -2.34. The van der Waals surface area contributed by atoms with E-state index in [-0.39, 0.29) is 0 Å². The first-order valence-electron chi connectivity index (χ1n) is 9.01. The van der Waals surface area contributed by atoms with Gasteiger partial charge in [0.25, 0.3) is 0 Å². The van der Waals surface area contributed by atoms with Crippen molar-refractivity contribution in [3.63, 3.8) is 0 Å². The minimum Gasteiger partial charge on any atom is -0.323 e. The maximum atomic E-state index is 11.6. The highest BCUT2D eigenvalue weighted by atomic mass is 31.2. The lowest BCUT2D eigenvalue weighted by atomic mass is 10.3. The van der Waals surface area contributed by atoms with E-state index in [0.29, 0.717) is 52.4 Å². The zero-order valence-electron chi connectivity index (χ0n) is 15.5. The van der Waals surface area contributed by atoms with E-state index >= 15 is 0 Å². The maximum absolute atomic E-state index is 11.6. The van der Waals surface area contributed by atoms with Crippen molar-refractivity contribution in [3.8, 4) is 0 Å². The summed E-state index contributed by atoms with van der Waals surface area (Å²) in [5.41, 5.74) is 0. The van der Waals surface area contributed by atoms with Gasteiger partial charge in [0.05, 0.1) is 0 Å². The Morgan fingerprint density at radius 3 is 1.04 bits per heavy atom. The van der Waals surface area contributed by atoms with E-state index in [1.54, 1.807) is 13.8 Å². The highest BCUT2D eigenvalue weighted by molar-refractivity contribution is 7.52. The fourth-order valence-electron chi connectivity index (χ4n) is 3.43. The van der Waals surface area contributed by atoms with Gasteiger partial charge in [-0.05, 0) is 13.8 Å². The highest BCUT2D eigenvalue weighted by Gasteiger charge is 2.33. The van der Waals surface area contributed by atoms with E-state index in [2.05, 4.69) is 9.80 Å². The molecule has 154 valence electrons. The van der Waals surface area contributed by atoms with Crippen LogP contribution in [0.1, 0.15) is 13.8 Å². The molecule has 2 aliphatic rings. The van der Waals surface area contributed by atoms with Crippen molar-refractivity contribution in [2.45, 2.75) is 25.4 Å². The summed E-state index contributed by atoms with van der Waals surface area (Å²) < 4.78 is 23.3. The second-order valence-electron chi connectivity index (χ2n) is 7.20. The van der Waals surface area contributed by atoms with Crippen molar-refractivity contribution in [1.82, 2.24) is 19.6 Å². The van der Waals surface area contributed by atoms with Crippen LogP contribution < -0.4 is 0 Å². The fourth-order valence-corrected chi connectivity index (χ4v) is 4.74. The second kappa shape index (κ2) is 9.09. The molecular weight excluding hydrogens is 382 g/mol. The summed E-state index contributed by atoms with van der Waals surface area (Å²) in [7, 11) is -8.34. The summed E-state index contributed by atoms with van der Waals surface area (Å²) in [4.78, 5) is 46.2. The third kappa shape index (κ3) is 6.34. The first-order chi connectivity index (χ1) is 12.0. The van der Waals surface area contributed by atoms with Crippen LogP contribution in [-0.2, 0) is 9.13 Å². The predicted octanol–water partition coefficient (Wildman–Crippen LogP) is -0.731. The van der Waals surface area contributed by atoms with E-state index in [9.17, 15) is 28.7 Å². The van der Waals surface area contributed by atoms with Gasteiger partial charge in [-0.2, -0.15) is 0 Å². The van der Waals surface area contributed by atoms with Crippen molar-refractivity contribution in [2.24, 2.45) is 0 Å². The smallest absolute Gasteiger partial charge is 0.323 e. The third-order valence-electron chi connectivity index (χ3n) is 5.58. The van der Waals surface area contributed by atoms with Gasteiger partial charge in [0, 0.05) is 65.4 Å². The maximum Gasteiger partial charge on any atom is 0.342 e. The Labute approximate surface area is 155 Å². The van der Waals surface area contributed by atoms with Crippen LogP contribution in [-0.4, -0.2) is 116 Å². The number of rotatable bonds is 4. The fraction of sp³-hybridized carbons (Fsp3) is 1.00. The molecule has 12 heteroatoms. The van der Waals surface area contributed by atoms with Gasteiger partial charge in [0.1, 0.15) is 11.6 Å². The van der Waals surface area contributed by atoms with Crippen LogP contribution in [0, 0.1) is 0 Å². The molecule has 2 saturated heterocycles. The number of fused-ring (bicyclic) bond motifs is 3. The normalized spacial score (nSPS) is 30.4. The Balaban J connectivity index is 2.10. The molecule has 0 amide bonds. The summed E-state index contributed by atoms with van der Waals surface area (Å²) in [6.07, 6.45) is 0. The average molecular weight is 414 g/mol. The molecule has 0 saturated carbocycles. The number of hydrogen-bond acceptors (Lipinski definition) is 6. The van der Waals surface area contributed by atoms with Gasteiger partial charge in [-0.1, -0.05) is 0 Å². The summed E-state index contributed by atoms with van der Waals surface area (Å²) in [5.74, 6) is -1.61. The molecule has 2 bridgehead atoms. The molecule has 0 spiro atoms. The zero-order valence-corrected chi connectivity index (χ0v) is 17.3. The van der Waals surface area contributed by atoms with Crippen molar-refractivity contribution in [1.29, 1.82) is 0 Å². The summed E-state index contributed by atoms with van der Waals surface area (Å²) in [6.45, 7) is 9.79. The standard InChI is InChI=1S/C14H32N4O6P2/c1-13(25(19,20)21)17-9-5-15-3-4-16(6-10-17)8-12-18(11-7-15)14(2)26(22,23)24/h13-14H,3-12H2,1-2H3,(H2,19,20,21)(H2,22,23,24). The van der Waals surface area contributed by atoms with E-state index < -0.39 is 26.8 Å². The molecule has 26 heavy (non-hydrogen) atoms. The quantitative estimate of drug-likeness (QED) is 0.437. The lowest BCUT2D eigenvalue weighted by molar-refractivity contribution is 0.151. The molecule has 2 atom stereocenters. The van der Waals surface area contributed by atoms with Gasteiger partial charge in [0.15, 0.2) is 0 Å². The second-order valence-corrected chi connectivity index (χ2v) is 11.0. The number of hydrogen-bond donors (Lipinski definition) is 4. The predicted molar refractivity (Wildman–Crippen MR) is 99.0 cm³/mol. The topological polar surface area (TPSA) is 128 Å². The Hall–Kier alpha value is 0.140. The van der Waals surface area contributed by atoms with E-state index in [0.717, 1.165) is 13.1 Å². The Morgan fingerprint density at radius 2 is 0.808 bits per heavy atom. The molecule has 2 aliphatic heterocycles. The Kier molecular flexibility index (Phi) is 7.84. The van der Waals surface area contributed by atoms with E-state index in [1.165, 1.54) is 0 Å². The van der Waals surface area contributed by atoms with Crippen LogP contribution >= 0.6 is 15.2 Å². The molecule has 2 rings (SSSR count). The van der Waals surface area contributed by atoms with Crippen molar-refractivity contribution >= 4 is 15.2 Å². The Bertz CT molecular complexity index is 492. The first kappa shape index (κ1) is 22.4. The molecule has 0 aromatic heterocycles. The Morgan fingerprint density at radius 1 is 0.577 bits per heavy atom. The molecule has 4 N–H and O–H groups in total. The lowest BCUT2D eigenvalue weighted by Crippen LogP contribution is -2.46. The molecular formula is C14H32N4O6P2. The average Bonchev–Trinajstić information content (AvgIpc) is 2.68. The molecule has 2 fully saturated rings. The van der Waals surface area contributed by atoms with Crippen LogP contribution in [0.2, 0.25) is 0 Å². The molecule has 0 aromatic rings. The molecule has 2 unspecified atom stereocenters. The van der Waals surface area contributed by atoms with Crippen molar-refractivity contribution < 1.29 is 28.7 Å². The monoisotopic (exact) mass is 414 g/mol. The van der Waals surface area contributed by atoms with Crippen LogP contribution in [0.4, 0.5) is 0 Å². The van der Waals surface area contributed by atoms with Crippen LogP contribution in [0.25, 0.3) is 0 Å². The van der Waals surface area contributed by atoms with Gasteiger partial charge in [-0.25, -0.2) is 0 Å². The number of nitrogens with zero attached hydrogens (tertiary/aromatic N) is 4. The molecule has 0 radical (unpaired) electrons. The van der Waals surface area contributed by atoms with Gasteiger partial charge >= 0.3 is 15.2 Å². The minimum atomic E-state index is -4.17. The van der Waals surface area contributed by atoms with E-state index in [4.69, 9.17) is 0 Å². The van der Waals surface area contributed by atoms with Crippen molar-refractivity contribution in [3.05, 3.63) is 0 Å². The van der Waals surface area contributed by atoms with Gasteiger partial charge in [0.2, 0.25) is 0 Å². The molecule has 2 heterocycles. The summed E-state index contributed by atoms with van der Waals surface area (Å²) >= 11 is 0. The van der Waals surface area contributed by atoms with Crippen molar-refractivity contribution in [2.75, 3.05) is 65.4 Å². The van der Waals surface area contributed by atoms with Gasteiger partial charge < -0.3 is 19.6 Å². The molecule has 0 aromatic carbocycles. The summed E-state index contributed by atoms with van der Waals surface area (Å²) in [5, 5.41) is 0. The summed E-state index contributed by atoms with van der Waals surface area (Å²) in [6, 6.07) is 0.